The maximum Gasteiger partial charge on any atom is 0.0619 e. The second kappa shape index (κ2) is 13.4. The van der Waals surface area contributed by atoms with E-state index < -0.39 is 0 Å². The second-order valence-electron chi connectivity index (χ2n) is 5.39. The van der Waals surface area contributed by atoms with E-state index in [1.54, 1.807) is 0 Å². The molecule has 0 bridgehead atoms. The molecule has 110 valence electrons. The van der Waals surface area contributed by atoms with Crippen LogP contribution in [0.2, 0.25) is 0 Å². The Bertz CT molecular complexity index is 161. The van der Waals surface area contributed by atoms with Crippen molar-refractivity contribution in [3.63, 3.8) is 0 Å². The minimum absolute atomic E-state index is 0.554. The fraction of sp³-hybridized carbons (Fsp3) is 1.00. The monoisotopic (exact) mass is 257 g/mol. The molecule has 0 aromatic carbocycles. The van der Waals surface area contributed by atoms with E-state index in [1.165, 1.54) is 44.9 Å². The van der Waals surface area contributed by atoms with Gasteiger partial charge in [-0.3, -0.25) is 0 Å². The molecule has 18 heavy (non-hydrogen) atoms. The van der Waals surface area contributed by atoms with Crippen LogP contribution in [-0.4, -0.2) is 25.8 Å². The molecule has 0 heterocycles. The standard InChI is InChI=1S/C16H35NO/c1-5-9-11-15(8-4)13-18-14-16(10-6-2)17-12-7-3/h15-17H,5-14H2,1-4H3. The maximum absolute atomic E-state index is 5.93. The Balaban J connectivity index is 3.73. The molecule has 0 spiro atoms. The highest BCUT2D eigenvalue weighted by Gasteiger charge is 2.09. The molecule has 0 aromatic rings. The zero-order valence-corrected chi connectivity index (χ0v) is 13.1. The van der Waals surface area contributed by atoms with Crippen molar-refractivity contribution in [2.45, 2.75) is 78.7 Å². The smallest absolute Gasteiger partial charge is 0.0619 e. The maximum atomic E-state index is 5.93. The average molecular weight is 257 g/mol. The Labute approximate surface area is 115 Å². The highest BCUT2D eigenvalue weighted by molar-refractivity contribution is 4.65. The first kappa shape index (κ1) is 17.9. The van der Waals surface area contributed by atoms with Crippen LogP contribution in [0.4, 0.5) is 0 Å². The van der Waals surface area contributed by atoms with Crippen molar-refractivity contribution in [3.8, 4) is 0 Å². The number of nitrogens with one attached hydrogen (secondary N) is 1. The van der Waals surface area contributed by atoms with E-state index in [0.717, 1.165) is 25.7 Å². The molecule has 2 atom stereocenters. The molecule has 0 radical (unpaired) electrons. The van der Waals surface area contributed by atoms with Gasteiger partial charge in [-0.2, -0.15) is 0 Å². The van der Waals surface area contributed by atoms with Crippen LogP contribution >= 0.6 is 0 Å². The van der Waals surface area contributed by atoms with Crippen molar-refractivity contribution in [2.75, 3.05) is 19.8 Å². The number of ether oxygens (including phenoxy) is 1. The van der Waals surface area contributed by atoms with Gasteiger partial charge in [-0.05, 0) is 31.7 Å². The lowest BCUT2D eigenvalue weighted by molar-refractivity contribution is 0.0748. The van der Waals surface area contributed by atoms with Crippen molar-refractivity contribution >= 4 is 0 Å². The van der Waals surface area contributed by atoms with Crippen LogP contribution in [0, 0.1) is 5.92 Å². The van der Waals surface area contributed by atoms with Gasteiger partial charge in [0.05, 0.1) is 6.61 Å². The van der Waals surface area contributed by atoms with Crippen molar-refractivity contribution in [1.82, 2.24) is 5.32 Å². The molecule has 0 saturated carbocycles. The first-order valence-electron chi connectivity index (χ1n) is 8.09. The van der Waals surface area contributed by atoms with Gasteiger partial charge in [0.15, 0.2) is 0 Å². The molecular formula is C16H35NO. The normalized spacial score (nSPS) is 14.7. The summed E-state index contributed by atoms with van der Waals surface area (Å²) in [6.07, 6.45) is 8.88. The molecule has 0 amide bonds. The van der Waals surface area contributed by atoms with Gasteiger partial charge >= 0.3 is 0 Å². The van der Waals surface area contributed by atoms with Crippen LogP contribution in [0.15, 0.2) is 0 Å². The molecule has 0 aliphatic heterocycles. The molecule has 0 rings (SSSR count). The van der Waals surface area contributed by atoms with Crippen molar-refractivity contribution < 1.29 is 4.74 Å². The Hall–Kier alpha value is -0.0800. The minimum Gasteiger partial charge on any atom is -0.380 e. The Morgan fingerprint density at radius 1 is 0.889 bits per heavy atom. The summed E-state index contributed by atoms with van der Waals surface area (Å²) in [6.45, 7) is 12.0. The number of unbranched alkanes of at least 4 members (excludes halogenated alkanes) is 1. The second-order valence-corrected chi connectivity index (χ2v) is 5.39. The summed E-state index contributed by atoms with van der Waals surface area (Å²) >= 11 is 0. The average Bonchev–Trinajstić information content (AvgIpc) is 2.39. The zero-order valence-electron chi connectivity index (χ0n) is 13.1. The van der Waals surface area contributed by atoms with E-state index in [2.05, 4.69) is 33.0 Å². The summed E-state index contributed by atoms with van der Waals surface area (Å²) in [5, 5.41) is 3.58. The molecule has 0 saturated heterocycles. The van der Waals surface area contributed by atoms with Crippen molar-refractivity contribution in [3.05, 3.63) is 0 Å². The lowest BCUT2D eigenvalue weighted by Gasteiger charge is -2.20. The third-order valence-electron chi connectivity index (χ3n) is 3.54. The van der Waals surface area contributed by atoms with Gasteiger partial charge in [0.2, 0.25) is 0 Å². The third-order valence-corrected chi connectivity index (χ3v) is 3.54. The fourth-order valence-corrected chi connectivity index (χ4v) is 2.22. The number of hydrogen-bond acceptors (Lipinski definition) is 2. The summed E-state index contributed by atoms with van der Waals surface area (Å²) < 4.78 is 5.93. The lowest BCUT2D eigenvalue weighted by Crippen LogP contribution is -2.34. The summed E-state index contributed by atoms with van der Waals surface area (Å²) in [5.41, 5.74) is 0. The van der Waals surface area contributed by atoms with Crippen LogP contribution in [0.5, 0.6) is 0 Å². The summed E-state index contributed by atoms with van der Waals surface area (Å²) in [7, 11) is 0. The zero-order chi connectivity index (χ0) is 13.6. The first-order chi connectivity index (χ1) is 8.78. The minimum atomic E-state index is 0.554. The molecule has 0 aromatic heterocycles. The summed E-state index contributed by atoms with van der Waals surface area (Å²) in [5.74, 6) is 0.762. The van der Waals surface area contributed by atoms with Gasteiger partial charge in [-0.15, -0.1) is 0 Å². The van der Waals surface area contributed by atoms with Crippen LogP contribution < -0.4 is 5.32 Å². The number of hydrogen-bond donors (Lipinski definition) is 1. The molecule has 0 aliphatic carbocycles. The van der Waals surface area contributed by atoms with Crippen molar-refractivity contribution in [1.29, 1.82) is 0 Å². The van der Waals surface area contributed by atoms with Gasteiger partial charge in [0, 0.05) is 12.6 Å². The Morgan fingerprint density at radius 2 is 1.67 bits per heavy atom. The van der Waals surface area contributed by atoms with Gasteiger partial charge in [0.25, 0.3) is 0 Å². The van der Waals surface area contributed by atoms with E-state index >= 15 is 0 Å². The predicted molar refractivity (Wildman–Crippen MR) is 81.1 cm³/mol. The van der Waals surface area contributed by atoms with Gasteiger partial charge in [-0.25, -0.2) is 0 Å². The first-order valence-corrected chi connectivity index (χ1v) is 8.09. The van der Waals surface area contributed by atoms with E-state index in [4.69, 9.17) is 4.74 Å². The van der Waals surface area contributed by atoms with E-state index in [9.17, 15) is 0 Å². The van der Waals surface area contributed by atoms with Gasteiger partial charge in [0.1, 0.15) is 0 Å². The van der Waals surface area contributed by atoms with Gasteiger partial charge < -0.3 is 10.1 Å². The van der Waals surface area contributed by atoms with E-state index in [1.807, 2.05) is 0 Å². The van der Waals surface area contributed by atoms with E-state index in [0.29, 0.717) is 6.04 Å². The van der Waals surface area contributed by atoms with Crippen LogP contribution in [-0.2, 0) is 4.74 Å². The number of rotatable bonds is 13. The largest absolute Gasteiger partial charge is 0.380 e. The molecule has 0 aliphatic rings. The third kappa shape index (κ3) is 9.90. The molecular weight excluding hydrogens is 222 g/mol. The quantitative estimate of drug-likeness (QED) is 0.528. The highest BCUT2D eigenvalue weighted by atomic mass is 16.5. The Morgan fingerprint density at radius 3 is 2.22 bits per heavy atom. The lowest BCUT2D eigenvalue weighted by atomic mass is 10.0. The molecule has 1 N–H and O–H groups in total. The van der Waals surface area contributed by atoms with E-state index in [-0.39, 0.29) is 0 Å². The predicted octanol–water partition coefficient (Wildman–Crippen LogP) is 4.39. The van der Waals surface area contributed by atoms with Crippen molar-refractivity contribution in [2.24, 2.45) is 5.92 Å². The van der Waals surface area contributed by atoms with Gasteiger partial charge in [-0.1, -0.05) is 53.4 Å². The summed E-state index contributed by atoms with van der Waals surface area (Å²) in [6, 6.07) is 0.554. The molecule has 2 heteroatoms. The SMILES string of the molecule is CCCCC(CC)COCC(CCC)NCCC. The molecule has 2 unspecified atom stereocenters. The molecule has 2 nitrogen and oxygen atoms in total. The van der Waals surface area contributed by atoms with Crippen LogP contribution in [0.1, 0.15) is 72.6 Å². The fourth-order valence-electron chi connectivity index (χ4n) is 2.22. The highest BCUT2D eigenvalue weighted by Crippen LogP contribution is 2.13. The summed E-state index contributed by atoms with van der Waals surface area (Å²) in [4.78, 5) is 0. The topological polar surface area (TPSA) is 21.3 Å². The Kier molecular flexibility index (Phi) is 13.3. The van der Waals surface area contributed by atoms with Crippen LogP contribution in [0.25, 0.3) is 0 Å². The molecule has 0 fully saturated rings. The van der Waals surface area contributed by atoms with Crippen LogP contribution in [0.3, 0.4) is 0 Å².